The summed E-state index contributed by atoms with van der Waals surface area (Å²) in [5.41, 5.74) is 18.0. The summed E-state index contributed by atoms with van der Waals surface area (Å²) in [6.07, 6.45) is 0.673. The number of hydrogen-bond donors (Lipinski definition) is 7. The van der Waals surface area contributed by atoms with Crippen molar-refractivity contribution < 1.29 is 33.8 Å². The van der Waals surface area contributed by atoms with Crippen molar-refractivity contribution in [2.45, 2.75) is 50.8 Å². The Kier molecular flexibility index (Phi) is 9.81. The van der Waals surface area contributed by atoms with E-state index in [2.05, 4.69) is 16.0 Å². The van der Waals surface area contributed by atoms with Gasteiger partial charge in [-0.25, -0.2) is 0 Å². The Bertz CT molecular complexity index is 1270. The molecule has 0 unspecified atom stereocenters. The maximum atomic E-state index is 13.3. The van der Waals surface area contributed by atoms with Gasteiger partial charge in [0, 0.05) is 28.9 Å². The number of carboxylic acids is 1. The number of carbonyl (C=O) groups is 5. The van der Waals surface area contributed by atoms with E-state index < -0.39 is 48.1 Å². The highest BCUT2D eigenvalue weighted by Crippen LogP contribution is 2.26. The summed E-state index contributed by atoms with van der Waals surface area (Å²) in [5.74, 6) is -3.79. The third kappa shape index (κ3) is 7.92. The van der Waals surface area contributed by atoms with Gasteiger partial charge in [-0.3, -0.25) is 24.0 Å². The second-order valence-electron chi connectivity index (χ2n) is 9.07. The summed E-state index contributed by atoms with van der Waals surface area (Å²) in [5, 5.41) is 17.1. The van der Waals surface area contributed by atoms with Gasteiger partial charge in [-0.2, -0.15) is 0 Å². The Morgan fingerprint density at radius 1 is 0.974 bits per heavy atom. The molecular weight excluding hydrogens is 508 g/mol. The fourth-order valence-electron chi connectivity index (χ4n) is 4.00. The van der Waals surface area contributed by atoms with Crippen LogP contribution in [0.2, 0.25) is 0 Å². The number of nitrogens with one attached hydrogen (secondary N) is 3. The van der Waals surface area contributed by atoms with E-state index in [4.69, 9.17) is 27.0 Å². The van der Waals surface area contributed by atoms with Crippen molar-refractivity contribution in [1.82, 2.24) is 10.6 Å². The molecule has 0 fully saturated rings. The highest BCUT2D eigenvalue weighted by Gasteiger charge is 2.29. The van der Waals surface area contributed by atoms with Gasteiger partial charge >= 0.3 is 5.97 Å². The highest BCUT2D eigenvalue weighted by atomic mass is 16.5. The van der Waals surface area contributed by atoms with Gasteiger partial charge in [0.15, 0.2) is 0 Å². The van der Waals surface area contributed by atoms with E-state index in [9.17, 15) is 24.0 Å². The van der Waals surface area contributed by atoms with Crippen LogP contribution in [0, 0.1) is 0 Å². The lowest BCUT2D eigenvalue weighted by molar-refractivity contribution is -0.137. The molecule has 0 aliphatic carbocycles. The number of nitrogen functional groups attached to an aromatic ring is 1. The number of carboxylic acid groups (broad SMARTS) is 1. The highest BCUT2D eigenvalue weighted by molar-refractivity contribution is 6.03. The minimum Gasteiger partial charge on any atom is -0.488 e. The topological polar surface area (TPSA) is 229 Å². The molecule has 0 saturated carbocycles. The summed E-state index contributed by atoms with van der Waals surface area (Å²) >= 11 is 0. The smallest absolute Gasteiger partial charge is 0.303 e. The third-order valence-electron chi connectivity index (χ3n) is 6.13. The molecule has 1 aliphatic heterocycles. The van der Waals surface area contributed by atoms with Gasteiger partial charge in [-0.15, -0.1) is 0 Å². The van der Waals surface area contributed by atoms with Crippen LogP contribution < -0.4 is 37.9 Å². The summed E-state index contributed by atoms with van der Waals surface area (Å²) in [6.45, 7) is 0.274. The second-order valence-corrected chi connectivity index (χ2v) is 9.07. The molecule has 2 aromatic rings. The summed E-state index contributed by atoms with van der Waals surface area (Å²) in [6, 6.07) is 6.48. The molecule has 39 heavy (non-hydrogen) atoms. The molecule has 208 valence electrons. The molecule has 2 aromatic carbocycles. The molecule has 0 radical (unpaired) electrons. The van der Waals surface area contributed by atoms with Crippen LogP contribution in [-0.2, 0) is 21.0 Å². The lowest BCUT2D eigenvalue weighted by atomic mass is 10.0. The van der Waals surface area contributed by atoms with E-state index in [1.807, 2.05) is 0 Å². The normalized spacial score (nSPS) is 17.8. The first-order chi connectivity index (χ1) is 18.6. The molecule has 4 amide bonds. The lowest BCUT2D eigenvalue weighted by Gasteiger charge is -2.25. The average Bonchev–Trinajstić information content (AvgIpc) is 2.89. The molecule has 3 rings (SSSR count). The minimum absolute atomic E-state index is 0.0269. The first-order valence-electron chi connectivity index (χ1n) is 12.4. The van der Waals surface area contributed by atoms with Crippen molar-refractivity contribution in [2.24, 2.45) is 11.5 Å². The van der Waals surface area contributed by atoms with Gasteiger partial charge in [-0.05, 0) is 62.6 Å². The number of nitrogens with two attached hydrogens (primary N) is 3. The van der Waals surface area contributed by atoms with Crippen molar-refractivity contribution in [2.75, 3.05) is 17.6 Å². The Hall–Kier alpha value is -4.65. The summed E-state index contributed by atoms with van der Waals surface area (Å²) in [4.78, 5) is 62.8. The van der Waals surface area contributed by atoms with Crippen LogP contribution in [0.1, 0.15) is 58.4 Å². The van der Waals surface area contributed by atoms with E-state index in [1.54, 1.807) is 6.07 Å². The molecule has 13 nitrogen and oxygen atoms in total. The number of hydrogen-bond acceptors (Lipinski definition) is 8. The van der Waals surface area contributed by atoms with E-state index >= 15 is 0 Å². The SMILES string of the molecule is NCCCC[C@@H]1NC(=O)[C@H](CCC(=O)O)NC(=O)c2cc(N)ccc2OCc2ccc(C(N)=O)cc2NC1=O. The molecule has 2 atom stereocenters. The Morgan fingerprint density at radius 2 is 1.72 bits per heavy atom. The molecular formula is C26H32N6O7. The quantitative estimate of drug-likeness (QED) is 0.182. The number of anilines is 2. The van der Waals surface area contributed by atoms with Gasteiger partial charge in [0.2, 0.25) is 17.7 Å². The zero-order valence-corrected chi connectivity index (χ0v) is 21.2. The number of amides is 4. The first-order valence-corrected chi connectivity index (χ1v) is 12.4. The van der Waals surface area contributed by atoms with Crippen LogP contribution in [0.15, 0.2) is 36.4 Å². The van der Waals surface area contributed by atoms with Crippen molar-refractivity contribution in [3.05, 3.63) is 53.1 Å². The molecule has 1 heterocycles. The van der Waals surface area contributed by atoms with Crippen LogP contribution in [0.5, 0.6) is 5.75 Å². The van der Waals surface area contributed by atoms with E-state index in [1.165, 1.54) is 30.3 Å². The average molecular weight is 541 g/mol. The van der Waals surface area contributed by atoms with Gasteiger partial charge in [0.25, 0.3) is 5.91 Å². The summed E-state index contributed by atoms with van der Waals surface area (Å²) in [7, 11) is 0. The van der Waals surface area contributed by atoms with Gasteiger partial charge < -0.3 is 43.0 Å². The van der Waals surface area contributed by atoms with Gasteiger partial charge in [0.05, 0.1) is 5.56 Å². The van der Waals surface area contributed by atoms with Crippen molar-refractivity contribution in [3.8, 4) is 5.75 Å². The number of primary amides is 1. The van der Waals surface area contributed by atoms with E-state index in [0.717, 1.165) is 0 Å². The Balaban J connectivity index is 2.07. The molecule has 0 saturated heterocycles. The molecule has 13 heteroatoms. The van der Waals surface area contributed by atoms with Gasteiger partial charge in [-0.1, -0.05) is 6.07 Å². The maximum absolute atomic E-state index is 13.3. The van der Waals surface area contributed by atoms with Crippen LogP contribution in [-0.4, -0.2) is 53.3 Å². The Morgan fingerprint density at radius 3 is 2.41 bits per heavy atom. The maximum Gasteiger partial charge on any atom is 0.303 e. The zero-order valence-electron chi connectivity index (χ0n) is 21.2. The van der Waals surface area contributed by atoms with Crippen molar-refractivity contribution in [3.63, 3.8) is 0 Å². The number of fused-ring (bicyclic) bond motifs is 2. The molecule has 1 aliphatic rings. The number of aliphatic carboxylic acids is 1. The van der Waals surface area contributed by atoms with Crippen LogP contribution in [0.3, 0.4) is 0 Å². The second kappa shape index (κ2) is 13.2. The van der Waals surface area contributed by atoms with E-state index in [0.29, 0.717) is 24.9 Å². The van der Waals surface area contributed by atoms with Crippen molar-refractivity contribution >= 4 is 41.0 Å². The number of benzene rings is 2. The van der Waals surface area contributed by atoms with Crippen LogP contribution in [0.25, 0.3) is 0 Å². The Labute approximate surface area is 224 Å². The minimum atomic E-state index is -1.27. The number of carbonyl (C=O) groups excluding carboxylic acids is 4. The first kappa shape index (κ1) is 28.9. The number of ether oxygens (including phenoxy) is 1. The predicted octanol–water partition coefficient (Wildman–Crippen LogP) is 0.476. The zero-order chi connectivity index (χ0) is 28.5. The molecule has 0 aromatic heterocycles. The van der Waals surface area contributed by atoms with Gasteiger partial charge in [0.1, 0.15) is 24.4 Å². The van der Waals surface area contributed by atoms with E-state index in [-0.39, 0.29) is 47.7 Å². The molecule has 10 N–H and O–H groups in total. The molecule has 0 bridgehead atoms. The largest absolute Gasteiger partial charge is 0.488 e. The third-order valence-corrected chi connectivity index (χ3v) is 6.13. The van der Waals surface area contributed by atoms with Crippen molar-refractivity contribution in [1.29, 1.82) is 0 Å². The molecule has 0 spiro atoms. The fourth-order valence-corrected chi connectivity index (χ4v) is 4.00. The monoisotopic (exact) mass is 540 g/mol. The predicted molar refractivity (Wildman–Crippen MR) is 142 cm³/mol. The number of unbranched alkanes of at least 4 members (excludes halogenated alkanes) is 1. The van der Waals surface area contributed by atoms with Crippen LogP contribution in [0.4, 0.5) is 11.4 Å². The van der Waals surface area contributed by atoms with Crippen LogP contribution >= 0.6 is 0 Å². The lowest BCUT2D eigenvalue weighted by Crippen LogP contribution is -2.53. The summed E-state index contributed by atoms with van der Waals surface area (Å²) < 4.78 is 5.89. The fraction of sp³-hybridized carbons (Fsp3) is 0.346. The standard InChI is InChI=1S/C26H32N6O7/c27-10-2-1-3-18-25(37)32-20-11-14(23(29)35)4-5-15(20)13-39-21-8-6-16(28)12-17(21)24(36)30-19(26(38)31-18)7-9-22(33)34/h4-6,8,11-12,18-19H,1-3,7,9-10,13,27-28H2,(H2,29,35)(H,30,36)(H,31,38)(H,32,37)(H,33,34)/t18-,19-/m0/s1. The number of rotatable bonds is 8.